The number of halogens is 1. The third-order valence-corrected chi connectivity index (χ3v) is 4.43. The average Bonchev–Trinajstić information content (AvgIpc) is 2.68. The monoisotopic (exact) mass is 330 g/mol. The summed E-state index contributed by atoms with van der Waals surface area (Å²) in [4.78, 5) is 11.6. The van der Waals surface area contributed by atoms with Crippen molar-refractivity contribution in [1.29, 1.82) is 0 Å². The molecule has 24 heavy (non-hydrogen) atoms. The first kappa shape index (κ1) is 16.6. The zero-order valence-electron chi connectivity index (χ0n) is 13.3. The van der Waals surface area contributed by atoms with Crippen molar-refractivity contribution in [1.82, 2.24) is 0 Å². The number of carbonyl (C=O) groups excluding carboxylic acids is 1. The van der Waals surface area contributed by atoms with Crippen LogP contribution < -0.4 is 0 Å². The molecule has 0 aromatic heterocycles. The molecule has 1 unspecified atom stereocenters. The Bertz CT molecular complexity index is 759. The van der Waals surface area contributed by atoms with Gasteiger partial charge in [0.05, 0.1) is 18.6 Å². The fourth-order valence-electron chi connectivity index (χ4n) is 3.41. The summed E-state index contributed by atoms with van der Waals surface area (Å²) in [6, 6.07) is 11.9. The van der Waals surface area contributed by atoms with E-state index < -0.39 is 36.5 Å². The van der Waals surface area contributed by atoms with E-state index in [1.807, 2.05) is 24.3 Å². The minimum Gasteiger partial charge on any atom is -0.457 e. The van der Waals surface area contributed by atoms with Crippen molar-refractivity contribution < 1.29 is 24.1 Å². The van der Waals surface area contributed by atoms with E-state index in [0.717, 1.165) is 16.7 Å². The van der Waals surface area contributed by atoms with E-state index in [-0.39, 0.29) is 0 Å². The molecule has 2 aromatic rings. The van der Waals surface area contributed by atoms with Gasteiger partial charge in [0.25, 0.3) is 0 Å². The van der Waals surface area contributed by atoms with Gasteiger partial charge in [-0.2, -0.15) is 0 Å². The lowest BCUT2D eigenvalue weighted by Gasteiger charge is -2.30. The van der Waals surface area contributed by atoms with Gasteiger partial charge in [-0.25, -0.2) is 4.39 Å². The highest BCUT2D eigenvalue weighted by Crippen LogP contribution is 2.43. The zero-order chi connectivity index (χ0) is 17.3. The second kappa shape index (κ2) is 6.71. The van der Waals surface area contributed by atoms with E-state index in [9.17, 15) is 19.4 Å². The Balaban J connectivity index is 2.24. The Morgan fingerprint density at radius 3 is 2.67 bits per heavy atom. The van der Waals surface area contributed by atoms with Gasteiger partial charge in [0.2, 0.25) is 0 Å². The Kier molecular flexibility index (Phi) is 4.64. The van der Waals surface area contributed by atoms with Crippen LogP contribution in [0.25, 0.3) is 0 Å². The van der Waals surface area contributed by atoms with Crippen LogP contribution in [0.4, 0.5) is 4.39 Å². The molecule has 0 saturated carbocycles. The molecular formula is C19H19FO4. The number of esters is 1. The van der Waals surface area contributed by atoms with Crippen LogP contribution in [-0.2, 0) is 16.0 Å². The van der Waals surface area contributed by atoms with Crippen LogP contribution in [0.5, 0.6) is 0 Å². The Hall–Kier alpha value is -2.24. The van der Waals surface area contributed by atoms with Crippen LogP contribution in [0, 0.1) is 5.82 Å². The van der Waals surface area contributed by atoms with E-state index in [0.29, 0.717) is 12.0 Å². The van der Waals surface area contributed by atoms with Crippen molar-refractivity contribution in [3.05, 3.63) is 70.5 Å². The molecule has 126 valence electrons. The van der Waals surface area contributed by atoms with Crippen molar-refractivity contribution in [2.24, 2.45) is 0 Å². The lowest BCUT2D eigenvalue weighted by Crippen LogP contribution is -2.30. The highest BCUT2D eigenvalue weighted by Gasteiger charge is 2.38. The van der Waals surface area contributed by atoms with Gasteiger partial charge >= 0.3 is 5.97 Å². The smallest absolute Gasteiger partial charge is 0.303 e. The largest absolute Gasteiger partial charge is 0.457 e. The molecule has 0 heterocycles. The maximum atomic E-state index is 13.8. The van der Waals surface area contributed by atoms with Crippen molar-refractivity contribution in [3.8, 4) is 0 Å². The number of aliphatic hydroxyl groups is 2. The number of fused-ring (bicyclic) bond motifs is 2. The summed E-state index contributed by atoms with van der Waals surface area (Å²) < 4.78 is 19.3. The normalized spacial score (nSPS) is 20.5. The molecule has 0 saturated heterocycles. The molecule has 3 rings (SSSR count). The number of aliphatic hydroxyl groups excluding tert-OH is 2. The summed E-state index contributed by atoms with van der Waals surface area (Å²) in [6.07, 6.45) is -1.46. The maximum absolute atomic E-state index is 13.8. The number of hydrogen-bond donors (Lipinski definition) is 2. The Morgan fingerprint density at radius 2 is 1.96 bits per heavy atom. The van der Waals surface area contributed by atoms with Crippen LogP contribution >= 0.6 is 0 Å². The van der Waals surface area contributed by atoms with Crippen molar-refractivity contribution in [3.63, 3.8) is 0 Å². The van der Waals surface area contributed by atoms with E-state index in [2.05, 4.69) is 0 Å². The maximum Gasteiger partial charge on any atom is 0.303 e. The molecule has 5 heteroatoms. The first-order chi connectivity index (χ1) is 11.5. The topological polar surface area (TPSA) is 66.8 Å². The van der Waals surface area contributed by atoms with E-state index in [1.54, 1.807) is 6.07 Å². The first-order valence-corrected chi connectivity index (χ1v) is 7.83. The third kappa shape index (κ3) is 3.05. The molecule has 0 radical (unpaired) electrons. The second-order valence-electron chi connectivity index (χ2n) is 6.02. The molecule has 0 spiro atoms. The summed E-state index contributed by atoms with van der Waals surface area (Å²) >= 11 is 0. The lowest BCUT2D eigenvalue weighted by molar-refractivity contribution is -0.150. The highest BCUT2D eigenvalue weighted by molar-refractivity contribution is 5.67. The summed E-state index contributed by atoms with van der Waals surface area (Å²) in [5.74, 6) is -1.63. The molecule has 2 aromatic carbocycles. The van der Waals surface area contributed by atoms with Crippen LogP contribution in [0.15, 0.2) is 42.5 Å². The number of carbonyl (C=O) groups is 1. The zero-order valence-corrected chi connectivity index (χ0v) is 13.3. The van der Waals surface area contributed by atoms with Crippen LogP contribution in [0.1, 0.15) is 41.2 Å². The Labute approximate surface area is 139 Å². The second-order valence-corrected chi connectivity index (χ2v) is 6.02. The summed E-state index contributed by atoms with van der Waals surface area (Å²) in [6.45, 7) is 0.791. The molecule has 0 aliphatic heterocycles. The number of ether oxygens (including phenoxy) is 1. The van der Waals surface area contributed by atoms with Gasteiger partial charge < -0.3 is 14.9 Å². The van der Waals surface area contributed by atoms with Gasteiger partial charge in [0, 0.05) is 6.92 Å². The molecule has 0 bridgehead atoms. The number of rotatable bonds is 3. The minimum absolute atomic E-state index is 0.436. The first-order valence-electron chi connectivity index (χ1n) is 7.83. The lowest BCUT2D eigenvalue weighted by atomic mass is 9.84. The van der Waals surface area contributed by atoms with Crippen LogP contribution in [-0.4, -0.2) is 28.9 Å². The van der Waals surface area contributed by atoms with Gasteiger partial charge in [-0.05, 0) is 40.8 Å². The molecule has 1 aliphatic rings. The minimum atomic E-state index is -1.13. The fraction of sp³-hybridized carbons (Fsp3) is 0.316. The number of benzene rings is 2. The van der Waals surface area contributed by atoms with Gasteiger partial charge in [-0.15, -0.1) is 0 Å². The molecule has 4 nitrogen and oxygen atoms in total. The molecule has 2 N–H and O–H groups in total. The van der Waals surface area contributed by atoms with Gasteiger partial charge in [0.1, 0.15) is 11.9 Å². The summed E-state index contributed by atoms with van der Waals surface area (Å²) in [5.41, 5.74) is 3.11. The standard InChI is InChI=1S/C19H19FO4/c1-11(22)24-19-16-9-14(20)7-6-13(16)8-12-4-2-3-5-15(12)18(19)17(23)10-21/h2-7,9,17-19,21,23H,8,10H2,1H3/t17-,18?,19-/m0/s1. The van der Waals surface area contributed by atoms with Crippen molar-refractivity contribution >= 4 is 5.97 Å². The van der Waals surface area contributed by atoms with Gasteiger partial charge in [0.15, 0.2) is 0 Å². The van der Waals surface area contributed by atoms with E-state index in [1.165, 1.54) is 19.1 Å². The molecule has 3 atom stereocenters. The van der Waals surface area contributed by atoms with Gasteiger partial charge in [-0.1, -0.05) is 30.3 Å². The van der Waals surface area contributed by atoms with Crippen LogP contribution in [0.2, 0.25) is 0 Å². The van der Waals surface area contributed by atoms with E-state index in [4.69, 9.17) is 4.74 Å². The van der Waals surface area contributed by atoms with Crippen molar-refractivity contribution in [2.45, 2.75) is 31.5 Å². The molecule has 0 fully saturated rings. The molecule has 1 aliphatic carbocycles. The van der Waals surface area contributed by atoms with E-state index >= 15 is 0 Å². The summed E-state index contributed by atoms with van der Waals surface area (Å²) in [7, 11) is 0. The predicted octanol–water partition coefficient (Wildman–Crippen LogP) is 2.47. The average molecular weight is 330 g/mol. The number of hydrogen-bond acceptors (Lipinski definition) is 4. The van der Waals surface area contributed by atoms with Crippen molar-refractivity contribution in [2.75, 3.05) is 6.61 Å². The van der Waals surface area contributed by atoms with Crippen LogP contribution in [0.3, 0.4) is 0 Å². The fourth-order valence-corrected chi connectivity index (χ4v) is 3.41. The predicted molar refractivity (Wildman–Crippen MR) is 86.0 cm³/mol. The third-order valence-electron chi connectivity index (χ3n) is 4.43. The Morgan fingerprint density at radius 1 is 1.25 bits per heavy atom. The molecular weight excluding hydrogens is 311 g/mol. The quantitative estimate of drug-likeness (QED) is 0.849. The SMILES string of the molecule is CC(=O)O[C@H]1c2cc(F)ccc2Cc2ccccc2C1[C@@H](O)CO. The van der Waals surface area contributed by atoms with Gasteiger partial charge in [-0.3, -0.25) is 4.79 Å². The summed E-state index contributed by atoms with van der Waals surface area (Å²) in [5, 5.41) is 19.9. The highest BCUT2D eigenvalue weighted by atomic mass is 19.1. The molecule has 0 amide bonds.